The molecular formula is C18H16N2O. The van der Waals surface area contributed by atoms with Gasteiger partial charge < -0.3 is 4.74 Å². The highest BCUT2D eigenvalue weighted by atomic mass is 16.5. The molecule has 0 spiro atoms. The molecule has 3 nitrogen and oxygen atoms in total. The third-order valence-corrected chi connectivity index (χ3v) is 3.31. The Morgan fingerprint density at radius 3 is 2.48 bits per heavy atom. The van der Waals surface area contributed by atoms with Gasteiger partial charge in [-0.1, -0.05) is 48.5 Å². The summed E-state index contributed by atoms with van der Waals surface area (Å²) in [6.45, 7) is 0. The summed E-state index contributed by atoms with van der Waals surface area (Å²) in [6.07, 6.45) is 1.80. The first-order chi connectivity index (χ1) is 10.4. The van der Waals surface area contributed by atoms with E-state index in [0.29, 0.717) is 0 Å². The number of anilines is 1. The van der Waals surface area contributed by atoms with Crippen LogP contribution in [0.3, 0.4) is 0 Å². The maximum absolute atomic E-state index is 5.44. The van der Waals surface area contributed by atoms with E-state index in [1.54, 1.807) is 13.3 Å². The second-order valence-corrected chi connectivity index (χ2v) is 4.64. The number of para-hydroxylation sites is 1. The van der Waals surface area contributed by atoms with Gasteiger partial charge in [0.2, 0.25) is 0 Å². The molecule has 21 heavy (non-hydrogen) atoms. The van der Waals surface area contributed by atoms with Gasteiger partial charge in [-0.3, -0.25) is 5.43 Å². The zero-order valence-corrected chi connectivity index (χ0v) is 11.8. The van der Waals surface area contributed by atoms with E-state index in [9.17, 15) is 0 Å². The Morgan fingerprint density at radius 1 is 0.905 bits per heavy atom. The van der Waals surface area contributed by atoms with E-state index in [-0.39, 0.29) is 0 Å². The highest BCUT2D eigenvalue weighted by molar-refractivity contribution is 6.02. The zero-order valence-electron chi connectivity index (χ0n) is 11.8. The number of hydrazone groups is 1. The molecule has 3 rings (SSSR count). The fraction of sp³-hybridized carbons (Fsp3) is 0.0556. The summed E-state index contributed by atoms with van der Waals surface area (Å²) in [5.74, 6) is 0.812. The normalized spacial score (nSPS) is 10.9. The van der Waals surface area contributed by atoms with Crippen molar-refractivity contribution in [2.75, 3.05) is 12.5 Å². The zero-order chi connectivity index (χ0) is 14.5. The number of nitrogens with zero attached hydrogens (tertiary/aromatic N) is 1. The Hall–Kier alpha value is -2.81. The van der Waals surface area contributed by atoms with Gasteiger partial charge in [0, 0.05) is 5.56 Å². The van der Waals surface area contributed by atoms with Crippen LogP contribution < -0.4 is 10.2 Å². The Balaban J connectivity index is 1.95. The quantitative estimate of drug-likeness (QED) is 0.569. The van der Waals surface area contributed by atoms with E-state index < -0.39 is 0 Å². The molecule has 0 unspecified atom stereocenters. The SMILES string of the molecule is COc1ccc2ccccc2c1C=NNc1ccccc1. The molecule has 1 N–H and O–H groups in total. The minimum absolute atomic E-state index is 0.812. The molecule has 0 saturated heterocycles. The van der Waals surface area contributed by atoms with Crippen LogP contribution in [0.5, 0.6) is 5.75 Å². The van der Waals surface area contributed by atoms with Crippen molar-refractivity contribution >= 4 is 22.7 Å². The molecule has 0 aromatic heterocycles. The van der Waals surface area contributed by atoms with E-state index in [2.05, 4.69) is 28.7 Å². The average molecular weight is 276 g/mol. The second-order valence-electron chi connectivity index (χ2n) is 4.64. The molecule has 3 aromatic rings. The second kappa shape index (κ2) is 6.09. The molecule has 3 heteroatoms. The molecule has 0 fully saturated rings. The predicted octanol–water partition coefficient (Wildman–Crippen LogP) is 4.29. The van der Waals surface area contributed by atoms with Crippen LogP contribution in [0.25, 0.3) is 10.8 Å². The summed E-state index contributed by atoms with van der Waals surface area (Å²) in [6, 6.07) is 22.1. The molecule has 0 bridgehead atoms. The van der Waals surface area contributed by atoms with Crippen molar-refractivity contribution in [3.05, 3.63) is 72.3 Å². The maximum Gasteiger partial charge on any atom is 0.128 e. The van der Waals surface area contributed by atoms with E-state index in [4.69, 9.17) is 4.74 Å². The van der Waals surface area contributed by atoms with Gasteiger partial charge in [-0.15, -0.1) is 0 Å². The monoisotopic (exact) mass is 276 g/mol. The molecule has 0 saturated carbocycles. The molecule has 0 aliphatic heterocycles. The topological polar surface area (TPSA) is 33.6 Å². The van der Waals surface area contributed by atoms with Crippen LogP contribution in [0.15, 0.2) is 71.8 Å². The molecule has 0 radical (unpaired) electrons. The van der Waals surface area contributed by atoms with Gasteiger partial charge in [-0.25, -0.2) is 0 Å². The predicted molar refractivity (Wildman–Crippen MR) is 88.2 cm³/mol. The molecule has 0 atom stereocenters. The van der Waals surface area contributed by atoms with Gasteiger partial charge in [0.15, 0.2) is 0 Å². The standard InChI is InChI=1S/C18H16N2O/c1-21-18-12-11-14-7-5-6-10-16(14)17(18)13-19-20-15-8-3-2-4-9-15/h2-13,20H,1H3. The van der Waals surface area contributed by atoms with Gasteiger partial charge >= 0.3 is 0 Å². The molecule has 104 valence electrons. The first-order valence-corrected chi connectivity index (χ1v) is 6.78. The van der Waals surface area contributed by atoms with Crippen molar-refractivity contribution in [1.82, 2.24) is 0 Å². The summed E-state index contributed by atoms with van der Waals surface area (Å²) in [5, 5.41) is 6.60. The highest BCUT2D eigenvalue weighted by Gasteiger charge is 2.05. The highest BCUT2D eigenvalue weighted by Crippen LogP contribution is 2.26. The fourth-order valence-electron chi connectivity index (χ4n) is 2.27. The smallest absolute Gasteiger partial charge is 0.128 e. The van der Waals surface area contributed by atoms with E-state index in [1.807, 2.05) is 48.5 Å². The lowest BCUT2D eigenvalue weighted by molar-refractivity contribution is 0.415. The van der Waals surface area contributed by atoms with E-state index in [0.717, 1.165) is 22.4 Å². The molecule has 0 amide bonds. The van der Waals surface area contributed by atoms with Crippen LogP contribution in [0.1, 0.15) is 5.56 Å². The van der Waals surface area contributed by atoms with Crippen molar-refractivity contribution in [3.63, 3.8) is 0 Å². The summed E-state index contributed by atoms with van der Waals surface area (Å²) < 4.78 is 5.44. The fourth-order valence-corrected chi connectivity index (χ4v) is 2.27. The number of methoxy groups -OCH3 is 1. The Bertz CT molecular complexity index is 767. The molecular weight excluding hydrogens is 260 g/mol. The van der Waals surface area contributed by atoms with Crippen LogP contribution in [0, 0.1) is 0 Å². The van der Waals surface area contributed by atoms with Gasteiger partial charge in [-0.2, -0.15) is 5.10 Å². The van der Waals surface area contributed by atoms with E-state index >= 15 is 0 Å². The van der Waals surface area contributed by atoms with Crippen LogP contribution in [-0.2, 0) is 0 Å². The molecule has 0 aliphatic rings. The number of nitrogens with one attached hydrogen (secondary N) is 1. The van der Waals surface area contributed by atoms with Gasteiger partial charge in [0.05, 0.1) is 19.0 Å². The first kappa shape index (κ1) is 13.2. The molecule has 3 aromatic carbocycles. The number of fused-ring (bicyclic) bond motifs is 1. The Labute approximate surface area is 123 Å². The average Bonchev–Trinajstić information content (AvgIpc) is 2.56. The minimum Gasteiger partial charge on any atom is -0.496 e. The minimum atomic E-state index is 0.812. The maximum atomic E-state index is 5.44. The van der Waals surface area contributed by atoms with Crippen LogP contribution in [0.4, 0.5) is 5.69 Å². The summed E-state index contributed by atoms with van der Waals surface area (Å²) in [4.78, 5) is 0. The number of benzene rings is 3. The third-order valence-electron chi connectivity index (χ3n) is 3.31. The lowest BCUT2D eigenvalue weighted by atomic mass is 10.0. The number of ether oxygens (including phenoxy) is 1. The first-order valence-electron chi connectivity index (χ1n) is 6.78. The van der Waals surface area contributed by atoms with Gasteiger partial charge in [0.1, 0.15) is 5.75 Å². The lowest BCUT2D eigenvalue weighted by Crippen LogP contribution is -1.95. The van der Waals surface area contributed by atoms with Crippen molar-refractivity contribution in [2.45, 2.75) is 0 Å². The summed E-state index contributed by atoms with van der Waals surface area (Å²) in [5.41, 5.74) is 4.95. The van der Waals surface area contributed by atoms with Gasteiger partial charge in [0.25, 0.3) is 0 Å². The summed E-state index contributed by atoms with van der Waals surface area (Å²) >= 11 is 0. The number of hydrogen-bond acceptors (Lipinski definition) is 3. The van der Waals surface area contributed by atoms with Crippen molar-refractivity contribution in [2.24, 2.45) is 5.10 Å². The van der Waals surface area contributed by atoms with Crippen LogP contribution in [-0.4, -0.2) is 13.3 Å². The van der Waals surface area contributed by atoms with Gasteiger partial charge in [-0.05, 0) is 29.0 Å². The third kappa shape index (κ3) is 2.87. The lowest BCUT2D eigenvalue weighted by Gasteiger charge is -2.08. The number of hydrogen-bond donors (Lipinski definition) is 1. The molecule has 0 aliphatic carbocycles. The van der Waals surface area contributed by atoms with Crippen molar-refractivity contribution in [3.8, 4) is 5.75 Å². The van der Waals surface area contributed by atoms with Crippen molar-refractivity contribution < 1.29 is 4.74 Å². The molecule has 0 heterocycles. The van der Waals surface area contributed by atoms with E-state index in [1.165, 1.54) is 5.39 Å². The van der Waals surface area contributed by atoms with Crippen LogP contribution >= 0.6 is 0 Å². The largest absolute Gasteiger partial charge is 0.496 e. The van der Waals surface area contributed by atoms with Crippen molar-refractivity contribution in [1.29, 1.82) is 0 Å². The summed E-state index contributed by atoms with van der Waals surface area (Å²) in [7, 11) is 1.67. The Kier molecular flexibility index (Phi) is 3.83. The Morgan fingerprint density at radius 2 is 1.67 bits per heavy atom. The number of rotatable bonds is 4. The van der Waals surface area contributed by atoms with Crippen LogP contribution in [0.2, 0.25) is 0 Å².